The van der Waals surface area contributed by atoms with Crippen LogP contribution in [0.5, 0.6) is 0 Å². The number of allylic oxidation sites excluding steroid dienone is 1. The van der Waals surface area contributed by atoms with Crippen LogP contribution >= 0.6 is 0 Å². The Hall–Kier alpha value is -3.58. The molecule has 1 N–H and O–H groups in total. The molecule has 0 saturated heterocycles. The Kier molecular flexibility index (Phi) is 5.67. The minimum absolute atomic E-state index is 0.102. The number of carboxylic acid groups (broad SMARTS) is 1. The molecular weight excluding hydrogens is 372 g/mol. The molecule has 0 aliphatic heterocycles. The van der Waals surface area contributed by atoms with Crippen molar-refractivity contribution in [2.24, 2.45) is 0 Å². The fourth-order valence-corrected chi connectivity index (χ4v) is 3.57. The standard InChI is InChI=1S/C26H26N2O2/c1-17-14-21(15-22(16-27)19-6-8-20(9-7-19)25(29)30)18(2)28(17)24-12-10-23(11-13-24)26(3,4)5/h6-15H,1-5H3,(H,29,30). The van der Waals surface area contributed by atoms with Crippen LogP contribution in [0.25, 0.3) is 17.3 Å². The van der Waals surface area contributed by atoms with Crippen LogP contribution in [-0.2, 0) is 5.41 Å². The molecule has 0 amide bonds. The largest absolute Gasteiger partial charge is 0.478 e. The monoisotopic (exact) mass is 398 g/mol. The first-order valence-corrected chi connectivity index (χ1v) is 9.87. The van der Waals surface area contributed by atoms with Gasteiger partial charge in [-0.2, -0.15) is 5.26 Å². The number of hydrogen-bond donors (Lipinski definition) is 1. The highest BCUT2D eigenvalue weighted by atomic mass is 16.4. The van der Waals surface area contributed by atoms with Crippen LogP contribution in [0.3, 0.4) is 0 Å². The van der Waals surface area contributed by atoms with Crippen LogP contribution in [0.4, 0.5) is 0 Å². The average Bonchev–Trinajstić information content (AvgIpc) is 2.98. The van der Waals surface area contributed by atoms with Gasteiger partial charge in [0.15, 0.2) is 0 Å². The van der Waals surface area contributed by atoms with E-state index in [-0.39, 0.29) is 11.0 Å². The normalized spacial score (nSPS) is 11.9. The van der Waals surface area contributed by atoms with E-state index < -0.39 is 5.97 Å². The molecule has 3 rings (SSSR count). The first kappa shape index (κ1) is 21.1. The predicted octanol–water partition coefficient (Wildman–Crippen LogP) is 6.15. The maximum Gasteiger partial charge on any atom is 0.335 e. The van der Waals surface area contributed by atoms with Gasteiger partial charge in [0.05, 0.1) is 17.2 Å². The van der Waals surface area contributed by atoms with Crippen molar-refractivity contribution in [2.75, 3.05) is 0 Å². The molecule has 30 heavy (non-hydrogen) atoms. The van der Waals surface area contributed by atoms with Gasteiger partial charge in [-0.25, -0.2) is 4.79 Å². The van der Waals surface area contributed by atoms with Gasteiger partial charge >= 0.3 is 5.97 Å². The number of benzene rings is 2. The molecule has 0 saturated carbocycles. The SMILES string of the molecule is Cc1cc(C=C(C#N)c2ccc(C(=O)O)cc2)c(C)n1-c1ccc(C(C)(C)C)cc1. The Morgan fingerprint density at radius 2 is 1.57 bits per heavy atom. The van der Waals surface area contributed by atoms with Gasteiger partial charge in [-0.3, -0.25) is 0 Å². The van der Waals surface area contributed by atoms with E-state index >= 15 is 0 Å². The molecule has 2 aromatic carbocycles. The molecular formula is C26H26N2O2. The van der Waals surface area contributed by atoms with Gasteiger partial charge in [0.1, 0.15) is 0 Å². The second kappa shape index (κ2) is 8.04. The first-order chi connectivity index (χ1) is 14.1. The summed E-state index contributed by atoms with van der Waals surface area (Å²) in [5.74, 6) is -0.981. The molecule has 4 heteroatoms. The average molecular weight is 399 g/mol. The lowest BCUT2D eigenvalue weighted by molar-refractivity contribution is 0.0697. The van der Waals surface area contributed by atoms with Crippen LogP contribution in [0.15, 0.2) is 54.6 Å². The lowest BCUT2D eigenvalue weighted by atomic mass is 9.87. The lowest BCUT2D eigenvalue weighted by Crippen LogP contribution is -2.11. The number of carbonyl (C=O) groups is 1. The predicted molar refractivity (Wildman–Crippen MR) is 121 cm³/mol. The molecule has 0 unspecified atom stereocenters. The second-order valence-electron chi connectivity index (χ2n) is 8.51. The summed E-state index contributed by atoms with van der Waals surface area (Å²) < 4.78 is 2.18. The minimum atomic E-state index is -0.981. The molecule has 1 aromatic heterocycles. The lowest BCUT2D eigenvalue weighted by Gasteiger charge is -2.20. The Balaban J connectivity index is 2.00. The number of aromatic carboxylic acids is 1. The number of carboxylic acids is 1. The van der Waals surface area contributed by atoms with Gasteiger partial charge in [-0.1, -0.05) is 45.0 Å². The highest BCUT2D eigenvalue weighted by Crippen LogP contribution is 2.28. The molecule has 0 aliphatic carbocycles. The van der Waals surface area contributed by atoms with Crippen molar-refractivity contribution < 1.29 is 9.90 Å². The second-order valence-corrected chi connectivity index (χ2v) is 8.51. The fourth-order valence-electron chi connectivity index (χ4n) is 3.57. The zero-order chi connectivity index (χ0) is 22.1. The highest BCUT2D eigenvalue weighted by Gasteiger charge is 2.15. The van der Waals surface area contributed by atoms with Crippen molar-refractivity contribution in [3.8, 4) is 11.8 Å². The molecule has 152 valence electrons. The van der Waals surface area contributed by atoms with E-state index in [9.17, 15) is 10.1 Å². The number of nitrogens with zero attached hydrogens (tertiary/aromatic N) is 2. The summed E-state index contributed by atoms with van der Waals surface area (Å²) in [6, 6.07) is 19.3. The number of nitriles is 1. The summed E-state index contributed by atoms with van der Waals surface area (Å²) in [7, 11) is 0. The number of aromatic nitrogens is 1. The van der Waals surface area contributed by atoms with Crippen molar-refractivity contribution in [3.05, 3.63) is 88.2 Å². The molecule has 0 spiro atoms. The third-order valence-corrected chi connectivity index (χ3v) is 5.32. The van der Waals surface area contributed by atoms with Crippen LogP contribution in [0.1, 0.15) is 59.2 Å². The minimum Gasteiger partial charge on any atom is -0.478 e. The zero-order valence-corrected chi connectivity index (χ0v) is 18.0. The van der Waals surface area contributed by atoms with E-state index in [2.05, 4.69) is 68.7 Å². The van der Waals surface area contributed by atoms with Gasteiger partial charge in [0.25, 0.3) is 0 Å². The fraction of sp³-hybridized carbons (Fsp3) is 0.231. The van der Waals surface area contributed by atoms with Crippen molar-refractivity contribution in [1.29, 1.82) is 5.26 Å². The Morgan fingerprint density at radius 3 is 2.07 bits per heavy atom. The molecule has 0 atom stereocenters. The van der Waals surface area contributed by atoms with Crippen LogP contribution in [0.2, 0.25) is 0 Å². The van der Waals surface area contributed by atoms with Gasteiger partial charge < -0.3 is 9.67 Å². The summed E-state index contributed by atoms with van der Waals surface area (Å²) in [4.78, 5) is 11.1. The topological polar surface area (TPSA) is 66.0 Å². The van der Waals surface area contributed by atoms with E-state index in [1.807, 2.05) is 13.0 Å². The van der Waals surface area contributed by atoms with Gasteiger partial charge in [-0.15, -0.1) is 0 Å². The van der Waals surface area contributed by atoms with Crippen LogP contribution in [0, 0.1) is 25.2 Å². The van der Waals surface area contributed by atoms with E-state index in [4.69, 9.17) is 5.11 Å². The third kappa shape index (κ3) is 4.21. The number of aryl methyl sites for hydroxylation is 1. The first-order valence-electron chi connectivity index (χ1n) is 9.87. The summed E-state index contributed by atoms with van der Waals surface area (Å²) in [5, 5.41) is 18.7. The summed E-state index contributed by atoms with van der Waals surface area (Å²) in [6.07, 6.45) is 1.86. The Morgan fingerprint density at radius 1 is 1.00 bits per heavy atom. The van der Waals surface area contributed by atoms with Crippen molar-refractivity contribution in [2.45, 2.75) is 40.0 Å². The Labute approximate surface area is 177 Å². The number of hydrogen-bond acceptors (Lipinski definition) is 2. The molecule has 0 aliphatic rings. The number of rotatable bonds is 4. The molecule has 1 heterocycles. The summed E-state index contributed by atoms with van der Waals surface area (Å²) in [5.41, 5.74) is 6.96. The summed E-state index contributed by atoms with van der Waals surface area (Å²) in [6.45, 7) is 10.7. The third-order valence-electron chi connectivity index (χ3n) is 5.32. The van der Waals surface area contributed by atoms with Crippen molar-refractivity contribution in [1.82, 2.24) is 4.57 Å². The van der Waals surface area contributed by atoms with Gasteiger partial charge in [0.2, 0.25) is 0 Å². The maximum atomic E-state index is 11.1. The molecule has 3 aromatic rings. The summed E-state index contributed by atoms with van der Waals surface area (Å²) >= 11 is 0. The zero-order valence-electron chi connectivity index (χ0n) is 18.0. The maximum absolute atomic E-state index is 11.1. The smallest absolute Gasteiger partial charge is 0.335 e. The van der Waals surface area contributed by atoms with E-state index in [0.29, 0.717) is 11.1 Å². The van der Waals surface area contributed by atoms with E-state index in [1.54, 1.807) is 12.1 Å². The van der Waals surface area contributed by atoms with Gasteiger partial charge in [0, 0.05) is 17.1 Å². The van der Waals surface area contributed by atoms with E-state index in [0.717, 1.165) is 22.6 Å². The van der Waals surface area contributed by atoms with E-state index in [1.165, 1.54) is 17.7 Å². The van der Waals surface area contributed by atoms with Crippen molar-refractivity contribution >= 4 is 17.6 Å². The molecule has 0 fully saturated rings. The van der Waals surface area contributed by atoms with Crippen molar-refractivity contribution in [3.63, 3.8) is 0 Å². The molecule has 4 nitrogen and oxygen atoms in total. The molecule has 0 bridgehead atoms. The van der Waals surface area contributed by atoms with Gasteiger partial charge in [-0.05, 0) is 72.4 Å². The van der Waals surface area contributed by atoms with Crippen LogP contribution in [-0.4, -0.2) is 15.6 Å². The quantitative estimate of drug-likeness (QED) is 0.536. The molecule has 0 radical (unpaired) electrons. The Bertz CT molecular complexity index is 1150. The van der Waals surface area contributed by atoms with Crippen LogP contribution < -0.4 is 0 Å². The highest BCUT2D eigenvalue weighted by molar-refractivity contribution is 5.92.